The van der Waals surface area contributed by atoms with Gasteiger partial charge in [-0.2, -0.15) is 0 Å². The molecule has 0 fully saturated rings. The largest absolute Gasteiger partial charge is 0.348 e. The number of aromatic amines is 1. The lowest BCUT2D eigenvalue weighted by atomic mass is 9.99. The van der Waals surface area contributed by atoms with Crippen LogP contribution in [-0.2, 0) is 11.2 Å². The number of fused-ring (bicyclic) bond motifs is 2. The van der Waals surface area contributed by atoms with Crippen LogP contribution in [0.5, 0.6) is 0 Å². The topological polar surface area (TPSA) is 103 Å². The number of benzodiazepines with no additional fused rings is 1. The van der Waals surface area contributed by atoms with Gasteiger partial charge >= 0.3 is 0 Å². The predicted octanol–water partition coefficient (Wildman–Crippen LogP) is 4.28. The second-order valence-corrected chi connectivity index (χ2v) is 9.08. The Kier molecular flexibility index (Phi) is 6.38. The van der Waals surface area contributed by atoms with Crippen molar-refractivity contribution >= 4 is 34.1 Å². The van der Waals surface area contributed by atoms with Crippen LogP contribution in [0, 0.1) is 5.82 Å². The summed E-state index contributed by atoms with van der Waals surface area (Å²) in [5, 5.41) is 3.56. The summed E-state index contributed by atoms with van der Waals surface area (Å²) >= 11 is 0. The summed E-state index contributed by atoms with van der Waals surface area (Å²) < 4.78 is 15.0. The second-order valence-electron chi connectivity index (χ2n) is 9.08. The minimum Gasteiger partial charge on any atom is -0.348 e. The molecule has 0 radical (unpaired) electrons. The maximum Gasteiger partial charge on any atom is 0.272 e. The molecule has 0 bridgehead atoms. The predicted molar refractivity (Wildman–Crippen MR) is 146 cm³/mol. The number of benzene rings is 3. The first-order chi connectivity index (χ1) is 19.1. The number of carbonyl (C=O) groups excluding carboxylic acids is 2. The highest BCUT2D eigenvalue weighted by atomic mass is 19.1. The highest BCUT2D eigenvalue weighted by molar-refractivity contribution is 6.20. The average molecular weight is 519 g/mol. The van der Waals surface area contributed by atoms with E-state index in [1.165, 1.54) is 12.3 Å². The van der Waals surface area contributed by atoms with Crippen molar-refractivity contribution < 1.29 is 14.0 Å². The summed E-state index contributed by atoms with van der Waals surface area (Å²) in [6, 6.07) is 22.6. The molecule has 39 heavy (non-hydrogen) atoms. The van der Waals surface area contributed by atoms with E-state index in [1.807, 2.05) is 36.4 Å². The van der Waals surface area contributed by atoms with Crippen LogP contribution in [0.15, 0.2) is 103 Å². The van der Waals surface area contributed by atoms with Gasteiger partial charge in [-0.05, 0) is 30.3 Å². The van der Waals surface area contributed by atoms with Crippen molar-refractivity contribution in [2.75, 3.05) is 11.4 Å². The molecule has 0 aliphatic carbocycles. The number of pyridine rings is 1. The number of carbonyl (C=O) groups is 2. The maximum absolute atomic E-state index is 15.0. The fraction of sp³-hybridized carbons (Fsp3) is 0.100. The molecule has 0 saturated heterocycles. The number of H-pyrrole nitrogens is 1. The Morgan fingerprint density at radius 1 is 0.974 bits per heavy atom. The molecule has 6 rings (SSSR count). The minimum absolute atomic E-state index is 0.236. The summed E-state index contributed by atoms with van der Waals surface area (Å²) in [5.41, 5.74) is 3.57. The van der Waals surface area contributed by atoms with E-state index in [2.05, 4.69) is 25.3 Å². The van der Waals surface area contributed by atoms with Crippen molar-refractivity contribution in [1.82, 2.24) is 20.3 Å². The molecule has 2 amide bonds. The highest BCUT2D eigenvalue weighted by Crippen LogP contribution is 2.29. The number of nitrogens with one attached hydrogen (secondary N) is 2. The third-order valence-electron chi connectivity index (χ3n) is 6.62. The van der Waals surface area contributed by atoms with Gasteiger partial charge < -0.3 is 15.2 Å². The molecule has 1 atom stereocenters. The molecule has 0 spiro atoms. The summed E-state index contributed by atoms with van der Waals surface area (Å²) in [6.07, 6.45) is 3.93. The van der Waals surface area contributed by atoms with Gasteiger partial charge in [-0.25, -0.2) is 14.4 Å². The SMILES string of the molecule is O=C(NC1N=C(c2ccccc2F)c2ccccc2N(CCc2cnc[nH]2)C1=O)c1cnc2ccccc2c1. The van der Waals surface area contributed by atoms with Crippen LogP contribution in [0.3, 0.4) is 0 Å². The number of hydrogen-bond acceptors (Lipinski definition) is 5. The van der Waals surface area contributed by atoms with Crippen LogP contribution in [0.2, 0.25) is 0 Å². The van der Waals surface area contributed by atoms with E-state index in [0.717, 1.165) is 16.6 Å². The second kappa shape index (κ2) is 10.3. The Bertz CT molecular complexity index is 1720. The Hall–Kier alpha value is -5.18. The number of nitrogens with zero attached hydrogens (tertiary/aromatic N) is 4. The van der Waals surface area contributed by atoms with Crippen LogP contribution in [-0.4, -0.2) is 45.2 Å². The maximum atomic E-state index is 15.0. The minimum atomic E-state index is -1.30. The highest BCUT2D eigenvalue weighted by Gasteiger charge is 2.33. The van der Waals surface area contributed by atoms with Gasteiger partial charge in [-0.3, -0.25) is 14.6 Å². The molecular weight excluding hydrogens is 495 g/mol. The summed E-state index contributed by atoms with van der Waals surface area (Å²) in [4.78, 5) is 45.1. The lowest BCUT2D eigenvalue weighted by Gasteiger charge is -2.25. The van der Waals surface area contributed by atoms with Gasteiger partial charge in [-0.1, -0.05) is 48.5 Å². The number of aliphatic imine (C=N–C) groups is 1. The van der Waals surface area contributed by atoms with Crippen molar-refractivity contribution in [3.8, 4) is 0 Å². The number of rotatable bonds is 6. The van der Waals surface area contributed by atoms with Crippen LogP contribution in [0.4, 0.5) is 10.1 Å². The van der Waals surface area contributed by atoms with Crippen molar-refractivity contribution in [2.24, 2.45) is 4.99 Å². The number of imidazole rings is 1. The van der Waals surface area contributed by atoms with Crippen molar-refractivity contribution in [3.63, 3.8) is 0 Å². The van der Waals surface area contributed by atoms with Crippen molar-refractivity contribution in [3.05, 3.63) is 126 Å². The van der Waals surface area contributed by atoms with E-state index in [4.69, 9.17) is 0 Å². The summed E-state index contributed by atoms with van der Waals surface area (Å²) in [5.74, 6) is -1.42. The molecule has 3 heterocycles. The molecule has 3 aromatic carbocycles. The lowest BCUT2D eigenvalue weighted by Crippen LogP contribution is -2.48. The first-order valence-electron chi connectivity index (χ1n) is 12.4. The molecular formula is C30H23FN6O2. The molecule has 0 saturated carbocycles. The number of halogens is 1. The Labute approximate surface area is 223 Å². The van der Waals surface area contributed by atoms with Gasteiger partial charge in [-0.15, -0.1) is 0 Å². The van der Waals surface area contributed by atoms with E-state index in [0.29, 0.717) is 24.2 Å². The smallest absolute Gasteiger partial charge is 0.272 e. The number of para-hydroxylation sites is 2. The molecule has 9 heteroatoms. The Morgan fingerprint density at radius 3 is 2.56 bits per heavy atom. The Morgan fingerprint density at radius 2 is 1.74 bits per heavy atom. The molecule has 8 nitrogen and oxygen atoms in total. The first-order valence-corrected chi connectivity index (χ1v) is 12.4. The van der Waals surface area contributed by atoms with Gasteiger partial charge in [0.05, 0.1) is 28.8 Å². The summed E-state index contributed by atoms with van der Waals surface area (Å²) in [7, 11) is 0. The fourth-order valence-corrected chi connectivity index (χ4v) is 4.68. The van der Waals surface area contributed by atoms with Crippen LogP contribution in [0.1, 0.15) is 27.2 Å². The third-order valence-corrected chi connectivity index (χ3v) is 6.62. The number of aromatic nitrogens is 3. The lowest BCUT2D eigenvalue weighted by molar-refractivity contribution is -0.120. The molecule has 2 aromatic heterocycles. The van der Waals surface area contributed by atoms with Gasteiger partial charge in [0.1, 0.15) is 5.82 Å². The number of anilines is 1. The zero-order valence-electron chi connectivity index (χ0n) is 20.7. The van der Waals surface area contributed by atoms with E-state index in [1.54, 1.807) is 53.8 Å². The molecule has 192 valence electrons. The molecule has 2 N–H and O–H groups in total. The molecule has 5 aromatic rings. The zero-order valence-corrected chi connectivity index (χ0v) is 20.7. The van der Waals surface area contributed by atoms with Gasteiger partial charge in [0.25, 0.3) is 11.8 Å². The van der Waals surface area contributed by atoms with E-state index < -0.39 is 23.8 Å². The number of amides is 2. The summed E-state index contributed by atoms with van der Waals surface area (Å²) in [6.45, 7) is 0.294. The fourth-order valence-electron chi connectivity index (χ4n) is 4.68. The van der Waals surface area contributed by atoms with Gasteiger partial charge in [0.15, 0.2) is 0 Å². The first kappa shape index (κ1) is 24.2. The van der Waals surface area contributed by atoms with Crippen LogP contribution in [0.25, 0.3) is 10.9 Å². The van der Waals surface area contributed by atoms with Gasteiger partial charge in [0.2, 0.25) is 6.17 Å². The van der Waals surface area contributed by atoms with Crippen LogP contribution >= 0.6 is 0 Å². The van der Waals surface area contributed by atoms with E-state index in [9.17, 15) is 9.59 Å². The van der Waals surface area contributed by atoms with Crippen LogP contribution < -0.4 is 10.2 Å². The molecule has 1 aliphatic rings. The van der Waals surface area contributed by atoms with E-state index >= 15 is 4.39 Å². The van der Waals surface area contributed by atoms with Crippen molar-refractivity contribution in [2.45, 2.75) is 12.6 Å². The third kappa shape index (κ3) is 4.77. The zero-order chi connectivity index (χ0) is 26.8. The monoisotopic (exact) mass is 518 g/mol. The van der Waals surface area contributed by atoms with E-state index in [-0.39, 0.29) is 16.8 Å². The molecule has 1 unspecified atom stereocenters. The molecule has 1 aliphatic heterocycles. The normalized spacial score (nSPS) is 15.0. The van der Waals surface area contributed by atoms with Gasteiger partial charge in [0, 0.05) is 47.6 Å². The van der Waals surface area contributed by atoms with Crippen molar-refractivity contribution in [1.29, 1.82) is 0 Å². The quantitative estimate of drug-likeness (QED) is 0.350. The average Bonchev–Trinajstić information content (AvgIpc) is 3.46. The Balaban J connectivity index is 1.42. The standard InChI is InChI=1S/C30H23FN6O2/c31-24-10-4-2-8-22(24)27-23-9-3-6-12-26(23)37(14-13-21-17-32-18-34-21)30(39)28(35-27)36-29(38)20-15-19-7-1-5-11-25(19)33-16-20/h1-12,15-18,28H,13-14H2,(H,32,34)(H,36,38). The number of hydrogen-bond donors (Lipinski definition) is 2.